The highest BCUT2D eigenvalue weighted by molar-refractivity contribution is 6.30. The second-order valence-corrected chi connectivity index (χ2v) is 4.79. The molecule has 1 heterocycles. The van der Waals surface area contributed by atoms with Gasteiger partial charge in [0.1, 0.15) is 5.75 Å². The van der Waals surface area contributed by atoms with Gasteiger partial charge in [-0.2, -0.15) is 0 Å². The lowest BCUT2D eigenvalue weighted by molar-refractivity contribution is 0.303. The number of nitrogens with one attached hydrogen (secondary N) is 1. The Morgan fingerprint density at radius 2 is 2.00 bits per heavy atom. The highest BCUT2D eigenvalue weighted by atomic mass is 35.5. The molecule has 0 aliphatic heterocycles. The van der Waals surface area contributed by atoms with Crippen LogP contribution in [0.25, 0.3) is 0 Å². The van der Waals surface area contributed by atoms with Gasteiger partial charge in [0, 0.05) is 12.3 Å². The number of hydrogen-bond donors (Lipinski definition) is 1. The zero-order valence-electron chi connectivity index (χ0n) is 11.1. The molecule has 102 valence electrons. The Hall–Kier alpha value is -0.800. The topological polar surface area (TPSA) is 34.1 Å². The number of unbranched alkanes of at least 4 members (excludes halogenated alkanes) is 3. The average molecular weight is 271 g/mol. The van der Waals surface area contributed by atoms with Crippen molar-refractivity contribution in [3.05, 3.63) is 23.5 Å². The Balaban J connectivity index is 1.92. The van der Waals surface area contributed by atoms with Crippen molar-refractivity contribution in [1.29, 1.82) is 0 Å². The molecule has 0 bridgehead atoms. The minimum atomic E-state index is 0.620. The molecule has 0 aliphatic rings. The van der Waals surface area contributed by atoms with Crippen LogP contribution in [0, 0.1) is 0 Å². The van der Waals surface area contributed by atoms with Crippen LogP contribution in [-0.2, 0) is 0 Å². The summed E-state index contributed by atoms with van der Waals surface area (Å²) in [7, 11) is 0. The number of nitrogens with zero attached hydrogens (tertiary/aromatic N) is 1. The molecule has 18 heavy (non-hydrogen) atoms. The Bertz CT molecular complexity index is 320. The molecule has 0 unspecified atom stereocenters. The fourth-order valence-electron chi connectivity index (χ4n) is 1.67. The standard InChI is InChI=1S/C14H23ClN2O/c1-2-7-16-8-5-3-4-6-9-18-14-10-13(15)11-17-12-14/h10-12,16H,2-9H2,1H3. The maximum Gasteiger partial charge on any atom is 0.139 e. The van der Waals surface area contributed by atoms with E-state index >= 15 is 0 Å². The first-order valence-electron chi connectivity index (χ1n) is 6.77. The van der Waals surface area contributed by atoms with Crippen LogP contribution >= 0.6 is 11.6 Å². The first-order valence-corrected chi connectivity index (χ1v) is 7.15. The summed E-state index contributed by atoms with van der Waals surface area (Å²) < 4.78 is 5.57. The minimum absolute atomic E-state index is 0.620. The smallest absolute Gasteiger partial charge is 0.139 e. The Morgan fingerprint density at radius 3 is 2.78 bits per heavy atom. The molecule has 0 aliphatic carbocycles. The van der Waals surface area contributed by atoms with Crippen LogP contribution < -0.4 is 10.1 Å². The molecule has 1 aromatic heterocycles. The van der Waals surface area contributed by atoms with Gasteiger partial charge in [0.05, 0.1) is 17.8 Å². The van der Waals surface area contributed by atoms with E-state index in [9.17, 15) is 0 Å². The summed E-state index contributed by atoms with van der Waals surface area (Å²) in [6.45, 7) is 5.19. The first kappa shape index (κ1) is 15.3. The first-order chi connectivity index (χ1) is 8.83. The van der Waals surface area contributed by atoms with Crippen molar-refractivity contribution in [3.63, 3.8) is 0 Å². The van der Waals surface area contributed by atoms with Crippen molar-refractivity contribution in [3.8, 4) is 5.75 Å². The lowest BCUT2D eigenvalue weighted by Crippen LogP contribution is -2.15. The quantitative estimate of drug-likeness (QED) is 0.659. The third-order valence-electron chi connectivity index (χ3n) is 2.62. The second kappa shape index (κ2) is 10.2. The average Bonchev–Trinajstić information content (AvgIpc) is 2.37. The normalized spacial score (nSPS) is 10.6. The molecule has 1 aromatic rings. The fourth-order valence-corrected chi connectivity index (χ4v) is 1.83. The Labute approximate surface area is 115 Å². The summed E-state index contributed by atoms with van der Waals surface area (Å²) in [5.41, 5.74) is 0. The van der Waals surface area contributed by atoms with E-state index in [1.54, 1.807) is 18.5 Å². The molecule has 0 radical (unpaired) electrons. The Kier molecular flexibility index (Phi) is 8.61. The molecular weight excluding hydrogens is 248 g/mol. The largest absolute Gasteiger partial charge is 0.492 e. The highest BCUT2D eigenvalue weighted by Gasteiger charge is 1.96. The molecule has 0 spiro atoms. The van der Waals surface area contributed by atoms with E-state index in [4.69, 9.17) is 16.3 Å². The maximum atomic E-state index is 5.82. The van der Waals surface area contributed by atoms with Gasteiger partial charge < -0.3 is 10.1 Å². The van der Waals surface area contributed by atoms with E-state index in [1.807, 2.05) is 0 Å². The van der Waals surface area contributed by atoms with Crippen LogP contribution in [0.2, 0.25) is 5.02 Å². The highest BCUT2D eigenvalue weighted by Crippen LogP contribution is 2.15. The molecule has 0 aromatic carbocycles. The summed E-state index contributed by atoms with van der Waals surface area (Å²) in [4.78, 5) is 3.98. The van der Waals surface area contributed by atoms with Crippen molar-refractivity contribution >= 4 is 11.6 Å². The SMILES string of the molecule is CCCNCCCCCCOc1cncc(Cl)c1. The summed E-state index contributed by atoms with van der Waals surface area (Å²) in [6, 6.07) is 1.79. The van der Waals surface area contributed by atoms with Crippen molar-refractivity contribution < 1.29 is 4.74 Å². The van der Waals surface area contributed by atoms with E-state index in [0.717, 1.165) is 31.9 Å². The summed E-state index contributed by atoms with van der Waals surface area (Å²) in [6.07, 6.45) is 9.31. The van der Waals surface area contributed by atoms with Crippen LogP contribution in [0.5, 0.6) is 5.75 Å². The van der Waals surface area contributed by atoms with E-state index in [2.05, 4.69) is 17.2 Å². The zero-order chi connectivity index (χ0) is 13.1. The molecule has 0 amide bonds. The van der Waals surface area contributed by atoms with Crippen LogP contribution in [0.4, 0.5) is 0 Å². The second-order valence-electron chi connectivity index (χ2n) is 4.35. The van der Waals surface area contributed by atoms with Crippen LogP contribution in [0.3, 0.4) is 0 Å². The Morgan fingerprint density at radius 1 is 1.17 bits per heavy atom. The molecule has 0 atom stereocenters. The summed E-state index contributed by atoms with van der Waals surface area (Å²) in [5.74, 6) is 0.757. The molecule has 3 nitrogen and oxygen atoms in total. The molecule has 0 fully saturated rings. The number of rotatable bonds is 10. The zero-order valence-corrected chi connectivity index (χ0v) is 11.9. The van der Waals surface area contributed by atoms with Gasteiger partial charge in [0.2, 0.25) is 0 Å². The molecule has 0 saturated carbocycles. The molecule has 1 N–H and O–H groups in total. The van der Waals surface area contributed by atoms with E-state index in [-0.39, 0.29) is 0 Å². The summed E-state index contributed by atoms with van der Waals surface area (Å²) in [5, 5.41) is 4.02. The molecule has 1 rings (SSSR count). The number of pyridine rings is 1. The van der Waals surface area contributed by atoms with Gasteiger partial charge in [-0.15, -0.1) is 0 Å². The fraction of sp³-hybridized carbons (Fsp3) is 0.643. The minimum Gasteiger partial charge on any atom is -0.492 e. The van der Waals surface area contributed by atoms with E-state index in [1.165, 1.54) is 25.7 Å². The maximum absolute atomic E-state index is 5.82. The lowest BCUT2D eigenvalue weighted by Gasteiger charge is -2.06. The predicted octanol–water partition coefficient (Wildman–Crippen LogP) is 3.67. The van der Waals surface area contributed by atoms with Crippen LogP contribution in [0.15, 0.2) is 18.5 Å². The van der Waals surface area contributed by atoms with Crippen molar-refractivity contribution in [2.24, 2.45) is 0 Å². The van der Waals surface area contributed by atoms with Gasteiger partial charge >= 0.3 is 0 Å². The summed E-state index contributed by atoms with van der Waals surface area (Å²) >= 11 is 5.82. The van der Waals surface area contributed by atoms with Crippen molar-refractivity contribution in [1.82, 2.24) is 10.3 Å². The van der Waals surface area contributed by atoms with E-state index < -0.39 is 0 Å². The number of halogens is 1. The third-order valence-corrected chi connectivity index (χ3v) is 2.83. The predicted molar refractivity (Wildman–Crippen MR) is 76.4 cm³/mol. The monoisotopic (exact) mass is 270 g/mol. The van der Waals surface area contributed by atoms with Gasteiger partial charge in [-0.3, -0.25) is 4.98 Å². The van der Waals surface area contributed by atoms with Gasteiger partial charge in [-0.05, 0) is 32.4 Å². The van der Waals surface area contributed by atoms with Crippen LogP contribution in [-0.4, -0.2) is 24.7 Å². The molecule has 0 saturated heterocycles. The molecular formula is C14H23ClN2O. The van der Waals surface area contributed by atoms with Gasteiger partial charge in [-0.25, -0.2) is 0 Å². The lowest BCUT2D eigenvalue weighted by atomic mass is 10.2. The van der Waals surface area contributed by atoms with Gasteiger partial charge in [0.25, 0.3) is 0 Å². The van der Waals surface area contributed by atoms with Gasteiger partial charge in [-0.1, -0.05) is 31.4 Å². The number of ether oxygens (including phenoxy) is 1. The third kappa shape index (κ3) is 7.51. The van der Waals surface area contributed by atoms with E-state index in [0.29, 0.717) is 5.02 Å². The van der Waals surface area contributed by atoms with Gasteiger partial charge in [0.15, 0.2) is 0 Å². The molecule has 4 heteroatoms. The number of aromatic nitrogens is 1. The van der Waals surface area contributed by atoms with Crippen molar-refractivity contribution in [2.75, 3.05) is 19.7 Å². The van der Waals surface area contributed by atoms with Crippen LogP contribution in [0.1, 0.15) is 39.0 Å². The number of hydrogen-bond acceptors (Lipinski definition) is 3. The van der Waals surface area contributed by atoms with Crippen molar-refractivity contribution in [2.45, 2.75) is 39.0 Å².